The van der Waals surface area contributed by atoms with E-state index in [1.54, 1.807) is 12.1 Å². The molecule has 0 bridgehead atoms. The average molecular weight is 376 g/mol. The first-order valence-corrected chi connectivity index (χ1v) is 9.08. The van der Waals surface area contributed by atoms with Crippen LogP contribution in [0.1, 0.15) is 28.5 Å². The Morgan fingerprint density at radius 1 is 1.04 bits per heavy atom. The molecule has 0 aliphatic carbocycles. The summed E-state index contributed by atoms with van der Waals surface area (Å²) in [4.78, 5) is 12.4. The number of para-hydroxylation sites is 1. The summed E-state index contributed by atoms with van der Waals surface area (Å²) in [5.74, 6) is 1.80. The molecule has 1 amide bonds. The fourth-order valence-electron chi connectivity index (χ4n) is 2.93. The van der Waals surface area contributed by atoms with E-state index < -0.39 is 0 Å². The molecule has 4 rings (SSSR count). The van der Waals surface area contributed by atoms with Gasteiger partial charge in [0.15, 0.2) is 17.2 Å². The van der Waals surface area contributed by atoms with Gasteiger partial charge in [0.25, 0.3) is 5.91 Å². The quantitative estimate of drug-likeness (QED) is 0.683. The van der Waals surface area contributed by atoms with E-state index in [0.717, 1.165) is 34.7 Å². The van der Waals surface area contributed by atoms with Crippen LogP contribution >= 0.6 is 0 Å². The Morgan fingerprint density at radius 2 is 1.89 bits per heavy atom. The molecule has 0 fully saturated rings. The molecular formula is C21H20N4O3. The second-order valence-corrected chi connectivity index (χ2v) is 6.31. The van der Waals surface area contributed by atoms with Crippen molar-refractivity contribution < 1.29 is 14.3 Å². The molecule has 1 aliphatic heterocycles. The molecule has 7 nitrogen and oxygen atoms in total. The third kappa shape index (κ3) is 3.88. The monoisotopic (exact) mass is 376 g/mol. The Balaban J connectivity index is 1.37. The number of fused-ring (bicyclic) bond motifs is 1. The van der Waals surface area contributed by atoms with Gasteiger partial charge in [-0.2, -0.15) is 0 Å². The molecule has 0 saturated heterocycles. The number of hydrogen-bond donors (Lipinski definition) is 2. The van der Waals surface area contributed by atoms with E-state index in [1.165, 1.54) is 0 Å². The van der Waals surface area contributed by atoms with E-state index >= 15 is 0 Å². The number of aryl methyl sites for hydroxylation is 1. The molecule has 0 spiro atoms. The van der Waals surface area contributed by atoms with Gasteiger partial charge in [0.2, 0.25) is 6.79 Å². The van der Waals surface area contributed by atoms with Crippen LogP contribution in [0.3, 0.4) is 0 Å². The molecule has 0 radical (unpaired) electrons. The average Bonchev–Trinajstić information content (AvgIpc) is 3.21. The summed E-state index contributed by atoms with van der Waals surface area (Å²) in [7, 11) is 0. The molecule has 1 aromatic heterocycles. The maximum absolute atomic E-state index is 12.4. The summed E-state index contributed by atoms with van der Waals surface area (Å²) < 4.78 is 10.7. The smallest absolute Gasteiger partial charge is 0.276 e. The Kier molecular flexibility index (Phi) is 5.05. The zero-order valence-corrected chi connectivity index (χ0v) is 15.4. The van der Waals surface area contributed by atoms with Crippen molar-refractivity contribution in [2.24, 2.45) is 0 Å². The topological polar surface area (TPSA) is 85.4 Å². The van der Waals surface area contributed by atoms with Gasteiger partial charge in [0, 0.05) is 12.2 Å². The van der Waals surface area contributed by atoms with E-state index in [1.807, 2.05) is 49.4 Å². The van der Waals surface area contributed by atoms with E-state index in [4.69, 9.17) is 9.47 Å². The van der Waals surface area contributed by atoms with Crippen LogP contribution in [0.4, 0.5) is 11.5 Å². The van der Waals surface area contributed by atoms with Gasteiger partial charge in [-0.15, -0.1) is 10.2 Å². The summed E-state index contributed by atoms with van der Waals surface area (Å²) in [6.45, 7) is 2.86. The molecule has 2 heterocycles. The fourth-order valence-corrected chi connectivity index (χ4v) is 2.93. The molecule has 0 saturated carbocycles. The Bertz CT molecular complexity index is 989. The maximum atomic E-state index is 12.4. The van der Waals surface area contributed by atoms with Crippen molar-refractivity contribution in [2.45, 2.75) is 19.9 Å². The van der Waals surface area contributed by atoms with Crippen molar-refractivity contribution in [3.63, 3.8) is 0 Å². The summed E-state index contributed by atoms with van der Waals surface area (Å²) in [6.07, 6.45) is 0.838. The van der Waals surface area contributed by atoms with Crippen LogP contribution < -0.4 is 20.1 Å². The summed E-state index contributed by atoms with van der Waals surface area (Å²) in [5, 5.41) is 14.2. The van der Waals surface area contributed by atoms with Gasteiger partial charge in [0.1, 0.15) is 5.82 Å². The Hall–Kier alpha value is -3.61. The number of nitrogens with zero attached hydrogens (tertiary/aromatic N) is 2. The molecular weight excluding hydrogens is 356 g/mol. The lowest BCUT2D eigenvalue weighted by Crippen LogP contribution is -2.16. The Morgan fingerprint density at radius 3 is 2.71 bits per heavy atom. The van der Waals surface area contributed by atoms with Crippen LogP contribution in [-0.4, -0.2) is 22.9 Å². The highest BCUT2D eigenvalue weighted by atomic mass is 16.7. The number of carbonyl (C=O) groups excluding carboxylic acids is 1. The van der Waals surface area contributed by atoms with Gasteiger partial charge < -0.3 is 20.1 Å². The zero-order valence-electron chi connectivity index (χ0n) is 15.4. The third-order valence-electron chi connectivity index (χ3n) is 4.45. The largest absolute Gasteiger partial charge is 0.454 e. The minimum Gasteiger partial charge on any atom is -0.454 e. The van der Waals surface area contributed by atoms with Crippen LogP contribution in [0.15, 0.2) is 54.6 Å². The van der Waals surface area contributed by atoms with Crippen molar-refractivity contribution in [1.82, 2.24) is 10.2 Å². The third-order valence-corrected chi connectivity index (χ3v) is 4.45. The van der Waals surface area contributed by atoms with E-state index in [-0.39, 0.29) is 18.4 Å². The second-order valence-electron chi connectivity index (χ2n) is 6.31. The first kappa shape index (κ1) is 17.8. The first-order chi connectivity index (χ1) is 13.7. The summed E-state index contributed by atoms with van der Waals surface area (Å²) in [6, 6.07) is 16.9. The highest BCUT2D eigenvalue weighted by Crippen LogP contribution is 2.32. The minimum atomic E-state index is -0.282. The molecule has 1 aliphatic rings. The predicted octanol–water partition coefficient (Wildman–Crippen LogP) is 3.63. The maximum Gasteiger partial charge on any atom is 0.276 e. The van der Waals surface area contributed by atoms with Crippen molar-refractivity contribution in [1.29, 1.82) is 0 Å². The van der Waals surface area contributed by atoms with Gasteiger partial charge in [-0.1, -0.05) is 31.2 Å². The van der Waals surface area contributed by atoms with E-state index in [0.29, 0.717) is 12.4 Å². The number of anilines is 2. The molecule has 7 heteroatoms. The summed E-state index contributed by atoms with van der Waals surface area (Å²) >= 11 is 0. The standard InChI is InChI=1S/C21H20N4O3/c1-2-15-5-3-4-6-16(15)23-21(26)17-8-10-20(25-24-17)22-12-14-7-9-18-19(11-14)28-13-27-18/h3-11H,2,12-13H2,1H3,(H,22,25)(H,23,26). The second kappa shape index (κ2) is 7.96. The fraction of sp³-hybridized carbons (Fsp3) is 0.190. The zero-order chi connectivity index (χ0) is 19.3. The highest BCUT2D eigenvalue weighted by Gasteiger charge is 2.13. The predicted molar refractivity (Wildman–Crippen MR) is 106 cm³/mol. The number of benzene rings is 2. The van der Waals surface area contributed by atoms with E-state index in [9.17, 15) is 4.79 Å². The van der Waals surface area contributed by atoms with Gasteiger partial charge >= 0.3 is 0 Å². The number of nitrogens with one attached hydrogen (secondary N) is 2. The molecule has 0 atom stereocenters. The van der Waals surface area contributed by atoms with Gasteiger partial charge in [-0.05, 0) is 47.9 Å². The van der Waals surface area contributed by atoms with Gasteiger partial charge in [0.05, 0.1) is 0 Å². The number of ether oxygens (including phenoxy) is 2. The van der Waals surface area contributed by atoms with Crippen LogP contribution in [0.25, 0.3) is 0 Å². The van der Waals surface area contributed by atoms with Crippen LogP contribution in [0, 0.1) is 0 Å². The van der Waals surface area contributed by atoms with Gasteiger partial charge in [-0.25, -0.2) is 0 Å². The van der Waals surface area contributed by atoms with E-state index in [2.05, 4.69) is 20.8 Å². The van der Waals surface area contributed by atoms with Crippen LogP contribution in [-0.2, 0) is 13.0 Å². The Labute approximate surface area is 162 Å². The minimum absolute atomic E-state index is 0.254. The lowest BCUT2D eigenvalue weighted by atomic mass is 10.1. The number of carbonyl (C=O) groups is 1. The SMILES string of the molecule is CCc1ccccc1NC(=O)c1ccc(NCc2ccc3c(c2)OCO3)nn1. The molecule has 28 heavy (non-hydrogen) atoms. The van der Waals surface area contributed by atoms with Crippen LogP contribution in [0.5, 0.6) is 11.5 Å². The number of hydrogen-bond acceptors (Lipinski definition) is 6. The van der Waals surface area contributed by atoms with Crippen LogP contribution in [0.2, 0.25) is 0 Å². The highest BCUT2D eigenvalue weighted by molar-refractivity contribution is 6.03. The number of rotatable bonds is 6. The molecule has 142 valence electrons. The lowest BCUT2D eigenvalue weighted by Gasteiger charge is -2.09. The van der Waals surface area contributed by atoms with Crippen molar-refractivity contribution >= 4 is 17.4 Å². The number of amides is 1. The van der Waals surface area contributed by atoms with Crippen molar-refractivity contribution in [3.8, 4) is 11.5 Å². The molecule has 2 aromatic carbocycles. The number of aromatic nitrogens is 2. The lowest BCUT2D eigenvalue weighted by molar-refractivity contribution is 0.102. The van der Waals surface area contributed by atoms with Crippen molar-refractivity contribution in [3.05, 3.63) is 71.4 Å². The molecule has 0 unspecified atom stereocenters. The summed E-state index contributed by atoms with van der Waals surface area (Å²) in [5.41, 5.74) is 3.16. The normalized spacial score (nSPS) is 11.9. The van der Waals surface area contributed by atoms with Gasteiger partial charge in [-0.3, -0.25) is 4.79 Å². The molecule has 3 aromatic rings. The molecule has 2 N–H and O–H groups in total. The van der Waals surface area contributed by atoms with Crippen molar-refractivity contribution in [2.75, 3.05) is 17.4 Å². The first-order valence-electron chi connectivity index (χ1n) is 9.08.